The Hall–Kier alpha value is -2.61. The van der Waals surface area contributed by atoms with Gasteiger partial charge in [0.2, 0.25) is 0 Å². The molecule has 0 aromatic heterocycles. The Morgan fingerprint density at radius 3 is 1.75 bits per heavy atom. The SMILES string of the molecule is CC[C@H](O[Si](CC)(CC)CC)C(C)(C)[C@@H](O)[C@@H](O)/C(C)=C(\C)C(C)OC(=O)[C@H](O[Si](C)(C)C(C)(C)C)[C@@H](NC(=O)c1ccccc1)c1ccccc1. The minimum atomic E-state index is -2.60. The van der Waals surface area contributed by atoms with E-state index in [0.29, 0.717) is 28.7 Å². The van der Waals surface area contributed by atoms with Gasteiger partial charge in [-0.15, -0.1) is 0 Å². The summed E-state index contributed by atoms with van der Waals surface area (Å²) in [5, 5.41) is 26.2. The van der Waals surface area contributed by atoms with Gasteiger partial charge in [0, 0.05) is 11.0 Å². The molecule has 0 bridgehead atoms. The van der Waals surface area contributed by atoms with Gasteiger partial charge in [-0.25, -0.2) is 4.79 Å². The van der Waals surface area contributed by atoms with Crippen molar-refractivity contribution in [3.05, 3.63) is 82.9 Å². The van der Waals surface area contributed by atoms with E-state index in [4.69, 9.17) is 13.6 Å². The lowest BCUT2D eigenvalue weighted by Gasteiger charge is -2.44. The van der Waals surface area contributed by atoms with Crippen molar-refractivity contribution in [3.8, 4) is 0 Å². The van der Waals surface area contributed by atoms with Crippen molar-refractivity contribution in [2.24, 2.45) is 5.41 Å². The molecule has 0 spiro atoms. The highest BCUT2D eigenvalue weighted by molar-refractivity contribution is 6.74. The minimum Gasteiger partial charge on any atom is -0.456 e. The zero-order valence-electron chi connectivity index (χ0n) is 34.5. The van der Waals surface area contributed by atoms with Gasteiger partial charge in [0.1, 0.15) is 12.2 Å². The highest BCUT2D eigenvalue weighted by Gasteiger charge is 2.46. The predicted molar refractivity (Wildman–Crippen MR) is 217 cm³/mol. The molecule has 292 valence electrons. The maximum atomic E-state index is 14.4. The molecule has 8 nitrogen and oxygen atoms in total. The molecule has 10 heteroatoms. The lowest BCUT2D eigenvalue weighted by atomic mass is 9.75. The molecule has 0 saturated carbocycles. The molecule has 0 aliphatic heterocycles. The van der Waals surface area contributed by atoms with Crippen LogP contribution < -0.4 is 5.32 Å². The number of amides is 1. The number of esters is 1. The average Bonchev–Trinajstić information content (AvgIpc) is 3.12. The Kier molecular flexibility index (Phi) is 16.8. The van der Waals surface area contributed by atoms with E-state index in [0.717, 1.165) is 18.1 Å². The molecule has 0 heterocycles. The maximum Gasteiger partial charge on any atom is 0.337 e. The third-order valence-corrected chi connectivity index (χ3v) is 20.9. The predicted octanol–water partition coefficient (Wildman–Crippen LogP) is 9.36. The van der Waals surface area contributed by atoms with Crippen molar-refractivity contribution >= 4 is 28.5 Å². The molecule has 52 heavy (non-hydrogen) atoms. The summed E-state index contributed by atoms with van der Waals surface area (Å²) in [6, 6.07) is 20.4. The highest BCUT2D eigenvalue weighted by atomic mass is 28.4. The van der Waals surface area contributed by atoms with E-state index in [9.17, 15) is 19.8 Å². The van der Waals surface area contributed by atoms with Gasteiger partial charge in [-0.3, -0.25) is 4.79 Å². The van der Waals surface area contributed by atoms with E-state index in [1.807, 2.05) is 57.2 Å². The summed E-state index contributed by atoms with van der Waals surface area (Å²) in [4.78, 5) is 28.0. The van der Waals surface area contributed by atoms with Gasteiger partial charge in [-0.2, -0.15) is 0 Å². The Labute approximate surface area is 317 Å². The molecular weight excluding hydrogens is 687 g/mol. The summed E-state index contributed by atoms with van der Waals surface area (Å²) in [7, 11) is -4.58. The van der Waals surface area contributed by atoms with Gasteiger partial charge in [-0.05, 0) is 92.3 Å². The highest BCUT2D eigenvalue weighted by Crippen LogP contribution is 2.40. The molecule has 1 unspecified atom stereocenters. The standard InChI is InChI=1S/C42H69NO7Si2/c1-15-34(49-52(16-2,17-3)18-4)42(11,12)38(45)36(44)30(6)29(5)31(7)48-40(47)37(50-51(13,14)41(8,9)10)35(32-25-21-19-22-26-32)43-39(46)33-27-23-20-24-28-33/h19-28,31,34-38,44-45H,15-18H2,1-14H3,(H,43,46)/b30-29+/t31?,34-,35-,36-,37+,38-/m0/s1. The summed E-state index contributed by atoms with van der Waals surface area (Å²) >= 11 is 0. The molecule has 2 aromatic carbocycles. The second kappa shape index (κ2) is 19.1. The largest absolute Gasteiger partial charge is 0.456 e. The van der Waals surface area contributed by atoms with Crippen LogP contribution in [0.5, 0.6) is 0 Å². The van der Waals surface area contributed by atoms with Crippen LogP contribution in [0.25, 0.3) is 0 Å². The van der Waals surface area contributed by atoms with Crippen LogP contribution >= 0.6 is 0 Å². The summed E-state index contributed by atoms with van der Waals surface area (Å²) in [6.45, 7) is 28.3. The van der Waals surface area contributed by atoms with Crippen LogP contribution in [0.15, 0.2) is 71.8 Å². The quantitative estimate of drug-likeness (QED) is 0.0744. The Bertz CT molecular complexity index is 1440. The second-order valence-electron chi connectivity index (χ2n) is 16.4. The number of hydrogen-bond acceptors (Lipinski definition) is 7. The van der Waals surface area contributed by atoms with Gasteiger partial charge >= 0.3 is 5.97 Å². The fourth-order valence-corrected chi connectivity index (χ4v) is 10.6. The fraction of sp³-hybridized carbons (Fsp3) is 0.619. The van der Waals surface area contributed by atoms with E-state index in [2.05, 4.69) is 66.9 Å². The summed E-state index contributed by atoms with van der Waals surface area (Å²) in [5.74, 6) is -0.960. The Morgan fingerprint density at radius 1 is 0.788 bits per heavy atom. The van der Waals surface area contributed by atoms with E-state index < -0.39 is 58.5 Å². The van der Waals surface area contributed by atoms with Gasteiger partial charge in [0.15, 0.2) is 22.7 Å². The first kappa shape index (κ1) is 45.6. The van der Waals surface area contributed by atoms with Crippen molar-refractivity contribution in [2.45, 2.75) is 162 Å². The van der Waals surface area contributed by atoms with Crippen LogP contribution in [-0.2, 0) is 18.4 Å². The van der Waals surface area contributed by atoms with Crippen molar-refractivity contribution in [3.63, 3.8) is 0 Å². The van der Waals surface area contributed by atoms with Gasteiger partial charge < -0.3 is 29.1 Å². The van der Waals surface area contributed by atoms with E-state index in [-0.39, 0.29) is 17.0 Å². The van der Waals surface area contributed by atoms with E-state index >= 15 is 0 Å². The monoisotopic (exact) mass is 755 g/mol. The second-order valence-corrected chi connectivity index (χ2v) is 25.9. The Balaban J connectivity index is 2.50. The number of aliphatic hydroxyl groups is 2. The molecule has 2 aromatic rings. The zero-order valence-corrected chi connectivity index (χ0v) is 36.5. The molecule has 0 aliphatic carbocycles. The van der Waals surface area contributed by atoms with Crippen LogP contribution in [0.1, 0.15) is 111 Å². The van der Waals surface area contributed by atoms with Crippen LogP contribution in [0.4, 0.5) is 0 Å². The first-order chi connectivity index (χ1) is 24.1. The molecule has 2 rings (SSSR count). The molecule has 1 amide bonds. The fourth-order valence-electron chi connectivity index (χ4n) is 6.34. The van der Waals surface area contributed by atoms with Gasteiger partial charge in [0.05, 0.1) is 18.2 Å². The topological polar surface area (TPSA) is 114 Å². The third kappa shape index (κ3) is 11.2. The number of carbonyl (C=O) groups excluding carboxylic acids is 2. The first-order valence-electron chi connectivity index (χ1n) is 19.1. The number of hydrogen-bond donors (Lipinski definition) is 3. The molecule has 0 saturated heterocycles. The maximum absolute atomic E-state index is 14.4. The van der Waals surface area contributed by atoms with E-state index in [1.165, 1.54) is 0 Å². The summed E-state index contributed by atoms with van der Waals surface area (Å²) in [6.07, 6.45) is -3.79. The Morgan fingerprint density at radius 2 is 1.29 bits per heavy atom. The number of aliphatic hydroxyl groups excluding tert-OH is 2. The molecule has 0 radical (unpaired) electrons. The number of benzene rings is 2. The van der Waals surface area contributed by atoms with Crippen molar-refractivity contribution < 1.29 is 33.4 Å². The van der Waals surface area contributed by atoms with Crippen LogP contribution in [0.3, 0.4) is 0 Å². The van der Waals surface area contributed by atoms with Gasteiger partial charge in [-0.1, -0.05) is 111 Å². The first-order valence-corrected chi connectivity index (χ1v) is 24.6. The van der Waals surface area contributed by atoms with Crippen molar-refractivity contribution in [2.75, 3.05) is 0 Å². The smallest absolute Gasteiger partial charge is 0.337 e. The van der Waals surface area contributed by atoms with Crippen LogP contribution in [0.2, 0.25) is 36.3 Å². The third-order valence-electron chi connectivity index (χ3n) is 11.8. The van der Waals surface area contributed by atoms with Gasteiger partial charge in [0.25, 0.3) is 5.91 Å². The van der Waals surface area contributed by atoms with Crippen molar-refractivity contribution in [1.29, 1.82) is 0 Å². The summed E-state index contributed by atoms with van der Waals surface area (Å²) in [5.41, 5.74) is 1.57. The van der Waals surface area contributed by atoms with E-state index in [1.54, 1.807) is 38.1 Å². The molecule has 3 N–H and O–H groups in total. The molecule has 0 aliphatic rings. The number of nitrogens with one attached hydrogen (secondary N) is 1. The minimum absolute atomic E-state index is 0.235. The normalized spacial score (nSPS) is 16.9. The molecule has 0 fully saturated rings. The molecule has 6 atom stereocenters. The summed E-state index contributed by atoms with van der Waals surface area (Å²) < 4.78 is 19.9. The van der Waals surface area contributed by atoms with Crippen LogP contribution in [-0.4, -0.2) is 69.2 Å². The lowest BCUT2D eigenvalue weighted by molar-refractivity contribution is -0.157. The average molecular weight is 756 g/mol. The molecular formula is C42H69NO7Si2. The zero-order chi connectivity index (χ0) is 39.7. The number of ether oxygens (including phenoxy) is 1. The van der Waals surface area contributed by atoms with Crippen molar-refractivity contribution in [1.82, 2.24) is 5.32 Å². The lowest BCUT2D eigenvalue weighted by Crippen LogP contribution is -2.52. The number of rotatable bonds is 19. The van der Waals surface area contributed by atoms with Crippen LogP contribution in [0, 0.1) is 5.41 Å². The number of carbonyl (C=O) groups is 2.